The Morgan fingerprint density at radius 2 is 2.35 bits per heavy atom. The second-order valence-corrected chi connectivity index (χ2v) is 5.02. The van der Waals surface area contributed by atoms with Gasteiger partial charge in [-0.15, -0.1) is 10.2 Å². The molecule has 0 amide bonds. The maximum atomic E-state index is 5.59. The molecule has 0 bridgehead atoms. The molecule has 1 fully saturated rings. The summed E-state index contributed by atoms with van der Waals surface area (Å²) >= 11 is 1.64. The van der Waals surface area contributed by atoms with Crippen molar-refractivity contribution in [1.82, 2.24) is 15.5 Å². The highest BCUT2D eigenvalue weighted by molar-refractivity contribution is 7.11. The van der Waals surface area contributed by atoms with Gasteiger partial charge in [0, 0.05) is 6.42 Å². The fourth-order valence-corrected chi connectivity index (χ4v) is 2.59. The van der Waals surface area contributed by atoms with Crippen molar-refractivity contribution in [3.05, 3.63) is 10.0 Å². The van der Waals surface area contributed by atoms with E-state index in [1.807, 2.05) is 0 Å². The minimum Gasteiger partial charge on any atom is -0.376 e. The Kier molecular flexibility index (Phi) is 5.31. The SMILES string of the molecule is CCNCCCc1nnc(C2COCCO2)s1. The molecule has 1 aromatic heterocycles. The second kappa shape index (κ2) is 7.00. The predicted octanol–water partition coefficient (Wildman–Crippen LogP) is 1.17. The van der Waals surface area contributed by atoms with Crippen molar-refractivity contribution < 1.29 is 9.47 Å². The van der Waals surface area contributed by atoms with Crippen LogP contribution >= 0.6 is 11.3 Å². The third-order valence-corrected chi connectivity index (χ3v) is 3.64. The zero-order valence-corrected chi connectivity index (χ0v) is 11.0. The van der Waals surface area contributed by atoms with Gasteiger partial charge in [0.05, 0.1) is 19.8 Å². The van der Waals surface area contributed by atoms with Gasteiger partial charge in [0.25, 0.3) is 0 Å². The fourth-order valence-electron chi connectivity index (χ4n) is 1.67. The van der Waals surface area contributed by atoms with Crippen molar-refractivity contribution >= 4 is 11.3 Å². The molecule has 0 spiro atoms. The first-order valence-corrected chi connectivity index (χ1v) is 6.94. The van der Waals surface area contributed by atoms with Crippen LogP contribution in [0.15, 0.2) is 0 Å². The summed E-state index contributed by atoms with van der Waals surface area (Å²) in [5.74, 6) is 0. The minimum atomic E-state index is -0.0104. The standard InChI is InChI=1S/C11H19N3O2S/c1-2-12-5-3-4-10-13-14-11(17-10)9-8-15-6-7-16-9/h9,12H,2-8H2,1H3. The number of hydrogen-bond acceptors (Lipinski definition) is 6. The summed E-state index contributed by atoms with van der Waals surface area (Å²) in [4.78, 5) is 0. The lowest BCUT2D eigenvalue weighted by molar-refractivity contribution is -0.0903. The molecule has 2 rings (SSSR count). The van der Waals surface area contributed by atoms with E-state index in [9.17, 15) is 0 Å². The van der Waals surface area contributed by atoms with Crippen LogP contribution < -0.4 is 5.32 Å². The zero-order chi connectivity index (χ0) is 11.9. The molecule has 0 radical (unpaired) electrons. The molecule has 1 saturated heterocycles. The maximum Gasteiger partial charge on any atom is 0.148 e. The summed E-state index contributed by atoms with van der Waals surface area (Å²) in [6.45, 7) is 6.11. The Labute approximate surface area is 106 Å². The van der Waals surface area contributed by atoms with E-state index in [1.54, 1.807) is 11.3 Å². The molecular formula is C11H19N3O2S. The van der Waals surface area contributed by atoms with Crippen molar-refractivity contribution in [1.29, 1.82) is 0 Å². The minimum absolute atomic E-state index is 0.0104. The molecule has 1 atom stereocenters. The number of nitrogens with zero attached hydrogens (tertiary/aromatic N) is 2. The lowest BCUT2D eigenvalue weighted by atomic mass is 10.3. The Morgan fingerprint density at radius 3 is 3.12 bits per heavy atom. The number of hydrogen-bond donors (Lipinski definition) is 1. The van der Waals surface area contributed by atoms with Gasteiger partial charge in [-0.25, -0.2) is 0 Å². The zero-order valence-electron chi connectivity index (χ0n) is 10.1. The van der Waals surface area contributed by atoms with Gasteiger partial charge in [-0.05, 0) is 19.5 Å². The van der Waals surface area contributed by atoms with Gasteiger partial charge in [-0.1, -0.05) is 18.3 Å². The third kappa shape index (κ3) is 3.99. The molecule has 96 valence electrons. The number of nitrogens with one attached hydrogen (secondary N) is 1. The van der Waals surface area contributed by atoms with Gasteiger partial charge < -0.3 is 14.8 Å². The van der Waals surface area contributed by atoms with Gasteiger partial charge >= 0.3 is 0 Å². The largest absolute Gasteiger partial charge is 0.376 e. The topological polar surface area (TPSA) is 56.3 Å². The molecule has 5 nitrogen and oxygen atoms in total. The summed E-state index contributed by atoms with van der Waals surface area (Å²) in [6, 6.07) is 0. The van der Waals surface area contributed by atoms with Gasteiger partial charge in [0.2, 0.25) is 0 Å². The van der Waals surface area contributed by atoms with Crippen molar-refractivity contribution in [2.45, 2.75) is 25.9 Å². The molecule has 0 aromatic carbocycles. The lowest BCUT2D eigenvalue weighted by Crippen LogP contribution is -2.21. The van der Waals surface area contributed by atoms with Crippen LogP contribution in [0.5, 0.6) is 0 Å². The number of rotatable bonds is 6. The van der Waals surface area contributed by atoms with Crippen LogP contribution in [-0.2, 0) is 15.9 Å². The maximum absolute atomic E-state index is 5.59. The van der Waals surface area contributed by atoms with Crippen molar-refractivity contribution in [2.75, 3.05) is 32.9 Å². The molecule has 0 saturated carbocycles. The van der Waals surface area contributed by atoms with Crippen molar-refractivity contribution in [3.8, 4) is 0 Å². The molecule has 1 N–H and O–H groups in total. The van der Waals surface area contributed by atoms with E-state index in [1.165, 1.54) is 0 Å². The summed E-state index contributed by atoms with van der Waals surface area (Å²) in [7, 11) is 0. The summed E-state index contributed by atoms with van der Waals surface area (Å²) < 4.78 is 11.0. The van der Waals surface area contributed by atoms with E-state index in [0.29, 0.717) is 19.8 Å². The van der Waals surface area contributed by atoms with Crippen LogP contribution in [-0.4, -0.2) is 43.1 Å². The highest BCUT2D eigenvalue weighted by Gasteiger charge is 2.20. The molecule has 0 aliphatic carbocycles. The summed E-state index contributed by atoms with van der Waals surface area (Å²) in [5, 5.41) is 13.7. The van der Waals surface area contributed by atoms with Crippen LogP contribution in [0.3, 0.4) is 0 Å². The van der Waals surface area contributed by atoms with Gasteiger partial charge in [0.15, 0.2) is 0 Å². The fraction of sp³-hybridized carbons (Fsp3) is 0.818. The van der Waals surface area contributed by atoms with E-state index in [2.05, 4.69) is 22.4 Å². The van der Waals surface area contributed by atoms with E-state index in [-0.39, 0.29) is 6.10 Å². The molecule has 1 aromatic rings. The first-order chi connectivity index (χ1) is 8.40. The van der Waals surface area contributed by atoms with Crippen LogP contribution in [0.25, 0.3) is 0 Å². The summed E-state index contributed by atoms with van der Waals surface area (Å²) in [6.07, 6.45) is 2.08. The number of aryl methyl sites for hydroxylation is 1. The summed E-state index contributed by atoms with van der Waals surface area (Å²) in [5.41, 5.74) is 0. The molecule has 1 aliphatic rings. The van der Waals surface area contributed by atoms with Crippen LogP contribution in [0.2, 0.25) is 0 Å². The Balaban J connectivity index is 1.78. The average molecular weight is 257 g/mol. The Morgan fingerprint density at radius 1 is 1.41 bits per heavy atom. The Bertz CT molecular complexity index is 326. The first kappa shape index (κ1) is 12.9. The van der Waals surface area contributed by atoms with E-state index < -0.39 is 0 Å². The van der Waals surface area contributed by atoms with Gasteiger partial charge in [-0.2, -0.15) is 0 Å². The van der Waals surface area contributed by atoms with Crippen molar-refractivity contribution in [3.63, 3.8) is 0 Å². The monoisotopic (exact) mass is 257 g/mol. The first-order valence-electron chi connectivity index (χ1n) is 6.12. The van der Waals surface area contributed by atoms with Gasteiger partial charge in [-0.3, -0.25) is 0 Å². The van der Waals surface area contributed by atoms with Gasteiger partial charge in [0.1, 0.15) is 16.1 Å². The van der Waals surface area contributed by atoms with Crippen molar-refractivity contribution in [2.24, 2.45) is 0 Å². The predicted molar refractivity (Wildman–Crippen MR) is 66.3 cm³/mol. The molecular weight excluding hydrogens is 238 g/mol. The van der Waals surface area contributed by atoms with Crippen LogP contribution in [0, 0.1) is 0 Å². The third-order valence-electron chi connectivity index (χ3n) is 2.57. The highest BCUT2D eigenvalue weighted by Crippen LogP contribution is 2.24. The van der Waals surface area contributed by atoms with E-state index >= 15 is 0 Å². The smallest absolute Gasteiger partial charge is 0.148 e. The Hall–Kier alpha value is -0.560. The van der Waals surface area contributed by atoms with Crippen LogP contribution in [0.1, 0.15) is 29.5 Å². The normalized spacial score (nSPS) is 20.6. The molecule has 17 heavy (non-hydrogen) atoms. The second-order valence-electron chi connectivity index (χ2n) is 3.93. The molecule has 1 unspecified atom stereocenters. The van der Waals surface area contributed by atoms with E-state index in [0.717, 1.165) is 35.9 Å². The quantitative estimate of drug-likeness (QED) is 0.775. The highest BCUT2D eigenvalue weighted by atomic mass is 32.1. The average Bonchev–Trinajstić information content (AvgIpc) is 2.85. The number of aromatic nitrogens is 2. The molecule has 2 heterocycles. The lowest BCUT2D eigenvalue weighted by Gasteiger charge is -2.20. The van der Waals surface area contributed by atoms with E-state index in [4.69, 9.17) is 9.47 Å². The molecule has 6 heteroatoms. The number of ether oxygens (including phenoxy) is 2. The molecule has 1 aliphatic heterocycles. The van der Waals surface area contributed by atoms with Crippen LogP contribution in [0.4, 0.5) is 0 Å².